The maximum atomic E-state index is 13.6. The Morgan fingerprint density at radius 2 is 1.59 bits per heavy atom. The van der Waals surface area contributed by atoms with Crippen LogP contribution in [-0.4, -0.2) is 29.3 Å². The topological polar surface area (TPSA) is 49.4 Å². The summed E-state index contributed by atoms with van der Waals surface area (Å²) in [7, 11) is 0. The van der Waals surface area contributed by atoms with E-state index in [4.69, 9.17) is 46.4 Å². The quantitative estimate of drug-likeness (QED) is 0.333. The molecule has 3 aromatic carbocycles. The fourth-order valence-corrected chi connectivity index (χ4v) is 4.41. The molecule has 3 aromatic rings. The highest BCUT2D eigenvalue weighted by Crippen LogP contribution is 2.26. The maximum Gasteiger partial charge on any atom is 0.243 e. The molecule has 0 spiro atoms. The lowest BCUT2D eigenvalue weighted by Crippen LogP contribution is -2.51. The molecule has 4 nitrogen and oxygen atoms in total. The van der Waals surface area contributed by atoms with Crippen LogP contribution in [0.5, 0.6) is 0 Å². The first-order chi connectivity index (χ1) is 16.3. The molecule has 0 heterocycles. The van der Waals surface area contributed by atoms with Gasteiger partial charge in [0.15, 0.2) is 0 Å². The number of carbonyl (C=O) groups is 2. The zero-order chi connectivity index (χ0) is 24.7. The lowest BCUT2D eigenvalue weighted by molar-refractivity contribution is -0.140. The number of nitrogens with one attached hydrogen (secondary N) is 1. The number of benzene rings is 3. The first-order valence-corrected chi connectivity index (χ1v) is 12.3. The molecule has 0 saturated heterocycles. The summed E-state index contributed by atoms with van der Waals surface area (Å²) in [5.74, 6) is -0.482. The fourth-order valence-electron chi connectivity index (χ4n) is 3.61. The molecule has 0 aliphatic heterocycles. The molecule has 3 rings (SSSR count). The van der Waals surface area contributed by atoms with Crippen molar-refractivity contribution in [2.45, 2.75) is 32.4 Å². The summed E-state index contributed by atoms with van der Waals surface area (Å²) in [6.07, 6.45) is 0.371. The zero-order valence-corrected chi connectivity index (χ0v) is 21.6. The van der Waals surface area contributed by atoms with Gasteiger partial charge in [-0.2, -0.15) is 0 Å². The van der Waals surface area contributed by atoms with Gasteiger partial charge in [0, 0.05) is 29.6 Å². The van der Waals surface area contributed by atoms with E-state index < -0.39 is 6.04 Å². The maximum absolute atomic E-state index is 13.6. The molecule has 1 N–H and O–H groups in total. The smallest absolute Gasteiger partial charge is 0.243 e. The highest BCUT2D eigenvalue weighted by atomic mass is 35.5. The van der Waals surface area contributed by atoms with Crippen molar-refractivity contribution >= 4 is 58.2 Å². The second-order valence-corrected chi connectivity index (χ2v) is 9.44. The van der Waals surface area contributed by atoms with Gasteiger partial charge < -0.3 is 10.2 Å². The molecule has 0 bridgehead atoms. The number of carbonyl (C=O) groups excluding carboxylic acids is 2. The Hall–Kier alpha value is -2.24. The van der Waals surface area contributed by atoms with Gasteiger partial charge in [-0.05, 0) is 47.9 Å². The van der Waals surface area contributed by atoms with Gasteiger partial charge in [0.2, 0.25) is 11.8 Å². The van der Waals surface area contributed by atoms with E-state index in [2.05, 4.69) is 5.32 Å². The van der Waals surface area contributed by atoms with Gasteiger partial charge in [-0.25, -0.2) is 0 Å². The van der Waals surface area contributed by atoms with Crippen LogP contribution in [0.4, 0.5) is 0 Å². The van der Waals surface area contributed by atoms with Gasteiger partial charge in [-0.3, -0.25) is 9.59 Å². The molecule has 0 aromatic heterocycles. The molecule has 178 valence electrons. The summed E-state index contributed by atoms with van der Waals surface area (Å²) in [5.41, 5.74) is 2.33. The normalized spacial score (nSPS) is 11.7. The molecule has 1 unspecified atom stereocenters. The Morgan fingerprint density at radius 3 is 2.24 bits per heavy atom. The molecule has 34 heavy (non-hydrogen) atoms. The highest BCUT2D eigenvalue weighted by molar-refractivity contribution is 6.42. The number of rotatable bonds is 9. The minimum atomic E-state index is -0.740. The van der Waals surface area contributed by atoms with Crippen LogP contribution in [0.2, 0.25) is 20.1 Å². The zero-order valence-electron chi connectivity index (χ0n) is 18.5. The minimum absolute atomic E-state index is 0.0159. The van der Waals surface area contributed by atoms with Crippen LogP contribution >= 0.6 is 46.4 Å². The number of nitrogens with zero attached hydrogens (tertiary/aromatic N) is 1. The summed E-state index contributed by atoms with van der Waals surface area (Å²) < 4.78 is 0. The van der Waals surface area contributed by atoms with E-state index in [0.717, 1.165) is 11.1 Å². The molecular formula is C26H24Cl4N2O2. The summed E-state index contributed by atoms with van der Waals surface area (Å²) >= 11 is 24.6. The van der Waals surface area contributed by atoms with Gasteiger partial charge in [0.05, 0.1) is 16.5 Å². The average Bonchev–Trinajstić information content (AvgIpc) is 2.81. The monoisotopic (exact) mass is 536 g/mol. The number of hydrogen-bond donors (Lipinski definition) is 1. The van der Waals surface area contributed by atoms with Crippen LogP contribution in [0.1, 0.15) is 23.6 Å². The molecule has 2 amide bonds. The Labute approximate surface area is 219 Å². The number of amides is 2. The summed E-state index contributed by atoms with van der Waals surface area (Å²) in [5, 5.41) is 4.54. The molecule has 0 aliphatic carbocycles. The van der Waals surface area contributed by atoms with Gasteiger partial charge in [-0.15, -0.1) is 0 Å². The van der Waals surface area contributed by atoms with Crippen molar-refractivity contribution in [3.05, 3.63) is 104 Å². The lowest BCUT2D eigenvalue weighted by Gasteiger charge is -2.31. The standard InChI is InChI=1S/C26H24Cl4N2O2/c1-2-31-26(34)24(13-17-6-4-3-5-7-17)32(16-18-8-11-21(28)23(30)12-18)25(33)14-19-9-10-20(27)15-22(19)29/h3-12,15,24H,2,13-14,16H2,1H3,(H,31,34). The number of halogens is 4. The summed E-state index contributed by atoms with van der Waals surface area (Å²) in [6, 6.07) is 19.0. The first kappa shape index (κ1) is 26.4. The second-order valence-electron chi connectivity index (χ2n) is 7.78. The SMILES string of the molecule is CCNC(=O)C(Cc1ccccc1)N(Cc1ccc(Cl)c(Cl)c1)C(=O)Cc1ccc(Cl)cc1Cl. The van der Waals surface area contributed by atoms with E-state index in [-0.39, 0.29) is 24.8 Å². The van der Waals surface area contributed by atoms with Crippen molar-refractivity contribution in [1.29, 1.82) is 0 Å². The average molecular weight is 538 g/mol. The van der Waals surface area contributed by atoms with Crippen LogP contribution in [0.3, 0.4) is 0 Å². The van der Waals surface area contributed by atoms with E-state index in [9.17, 15) is 9.59 Å². The molecule has 1 atom stereocenters. The van der Waals surface area contributed by atoms with Gasteiger partial charge in [0.1, 0.15) is 6.04 Å². The molecule has 0 fully saturated rings. The Morgan fingerprint density at radius 1 is 0.853 bits per heavy atom. The van der Waals surface area contributed by atoms with E-state index in [0.29, 0.717) is 38.6 Å². The van der Waals surface area contributed by atoms with Gasteiger partial charge in [0.25, 0.3) is 0 Å². The third-order valence-corrected chi connectivity index (χ3v) is 6.64. The molecule has 0 radical (unpaired) electrons. The van der Waals surface area contributed by atoms with Crippen molar-refractivity contribution in [2.24, 2.45) is 0 Å². The van der Waals surface area contributed by atoms with Crippen LogP contribution < -0.4 is 5.32 Å². The Balaban J connectivity index is 1.99. The van der Waals surface area contributed by atoms with Crippen molar-refractivity contribution in [1.82, 2.24) is 10.2 Å². The predicted molar refractivity (Wildman–Crippen MR) is 140 cm³/mol. The number of hydrogen-bond acceptors (Lipinski definition) is 2. The fraction of sp³-hybridized carbons (Fsp3) is 0.231. The third kappa shape index (κ3) is 7.13. The summed E-state index contributed by atoms with van der Waals surface area (Å²) in [6.45, 7) is 2.47. The number of likely N-dealkylation sites (N-methyl/N-ethyl adjacent to an activating group) is 1. The third-order valence-electron chi connectivity index (χ3n) is 5.32. The molecule has 0 aliphatic rings. The van der Waals surface area contributed by atoms with E-state index in [1.807, 2.05) is 37.3 Å². The lowest BCUT2D eigenvalue weighted by atomic mass is 10.0. The van der Waals surface area contributed by atoms with E-state index >= 15 is 0 Å². The molecule has 0 saturated carbocycles. The van der Waals surface area contributed by atoms with Crippen LogP contribution in [0.15, 0.2) is 66.7 Å². The van der Waals surface area contributed by atoms with Gasteiger partial charge >= 0.3 is 0 Å². The van der Waals surface area contributed by atoms with Crippen LogP contribution in [0.25, 0.3) is 0 Å². The van der Waals surface area contributed by atoms with Crippen molar-refractivity contribution in [3.63, 3.8) is 0 Å². The summed E-state index contributed by atoms with van der Waals surface area (Å²) in [4.78, 5) is 28.4. The van der Waals surface area contributed by atoms with Crippen LogP contribution in [0, 0.1) is 0 Å². The largest absolute Gasteiger partial charge is 0.355 e. The Kier molecular flexibility index (Phi) is 9.66. The Bertz CT molecular complexity index is 1150. The van der Waals surface area contributed by atoms with Crippen molar-refractivity contribution < 1.29 is 9.59 Å². The van der Waals surface area contributed by atoms with Crippen LogP contribution in [-0.2, 0) is 29.0 Å². The van der Waals surface area contributed by atoms with E-state index in [1.54, 1.807) is 41.3 Å². The first-order valence-electron chi connectivity index (χ1n) is 10.8. The highest BCUT2D eigenvalue weighted by Gasteiger charge is 2.30. The van der Waals surface area contributed by atoms with E-state index in [1.165, 1.54) is 0 Å². The van der Waals surface area contributed by atoms with Crippen molar-refractivity contribution in [2.75, 3.05) is 6.54 Å². The molecular weight excluding hydrogens is 514 g/mol. The van der Waals surface area contributed by atoms with Gasteiger partial charge in [-0.1, -0.05) is 88.9 Å². The second kappa shape index (κ2) is 12.5. The molecule has 8 heteroatoms. The predicted octanol–water partition coefficient (Wildman–Crippen LogP) is 6.62. The van der Waals surface area contributed by atoms with Crippen molar-refractivity contribution in [3.8, 4) is 0 Å². The minimum Gasteiger partial charge on any atom is -0.355 e.